The van der Waals surface area contributed by atoms with E-state index in [1.165, 1.54) is 10.9 Å². The number of esters is 1. The van der Waals surface area contributed by atoms with Crippen molar-refractivity contribution in [2.75, 3.05) is 18.1 Å². The number of carbonyl (C=O) groups excluding carboxylic acids is 2. The number of anilines is 1. The van der Waals surface area contributed by atoms with Crippen molar-refractivity contribution >= 4 is 17.6 Å². The predicted molar refractivity (Wildman–Crippen MR) is 80.4 cm³/mol. The highest BCUT2D eigenvalue weighted by Gasteiger charge is 2.17. The summed E-state index contributed by atoms with van der Waals surface area (Å²) < 4.78 is 6.17. The van der Waals surface area contributed by atoms with E-state index in [1.807, 2.05) is 37.3 Å². The summed E-state index contributed by atoms with van der Waals surface area (Å²) in [5.74, 6) is -0.675. The second kappa shape index (κ2) is 7.35. The van der Waals surface area contributed by atoms with Crippen LogP contribution in [0, 0.1) is 0 Å². The van der Waals surface area contributed by atoms with Gasteiger partial charge in [-0.25, -0.2) is 9.48 Å². The molecule has 1 heterocycles. The van der Waals surface area contributed by atoms with Crippen molar-refractivity contribution in [1.29, 1.82) is 0 Å². The third-order valence-electron chi connectivity index (χ3n) is 3.01. The SMILES string of the molecule is CCOC(=O)c1cn(CC(=O)N(CC)c2ccccc2)nn1. The largest absolute Gasteiger partial charge is 0.461 e. The smallest absolute Gasteiger partial charge is 0.360 e. The van der Waals surface area contributed by atoms with Crippen molar-refractivity contribution in [3.63, 3.8) is 0 Å². The summed E-state index contributed by atoms with van der Waals surface area (Å²) >= 11 is 0. The van der Waals surface area contributed by atoms with Gasteiger partial charge in [0.2, 0.25) is 5.91 Å². The molecule has 1 aromatic heterocycles. The minimum absolute atomic E-state index is 0.00907. The van der Waals surface area contributed by atoms with E-state index in [1.54, 1.807) is 11.8 Å². The Balaban J connectivity index is 2.06. The summed E-state index contributed by atoms with van der Waals surface area (Å²) in [5.41, 5.74) is 0.915. The fourth-order valence-electron chi connectivity index (χ4n) is 2.01. The molecule has 0 atom stereocenters. The zero-order chi connectivity index (χ0) is 15.9. The van der Waals surface area contributed by atoms with Crippen molar-refractivity contribution in [2.45, 2.75) is 20.4 Å². The third-order valence-corrected chi connectivity index (χ3v) is 3.01. The van der Waals surface area contributed by atoms with E-state index in [2.05, 4.69) is 10.3 Å². The number of amides is 1. The van der Waals surface area contributed by atoms with E-state index in [0.29, 0.717) is 6.54 Å². The fourth-order valence-corrected chi connectivity index (χ4v) is 2.01. The molecular weight excluding hydrogens is 284 g/mol. The van der Waals surface area contributed by atoms with E-state index >= 15 is 0 Å². The number of hydrogen-bond acceptors (Lipinski definition) is 5. The number of nitrogens with zero attached hydrogens (tertiary/aromatic N) is 4. The third kappa shape index (κ3) is 3.69. The summed E-state index contributed by atoms with van der Waals surface area (Å²) in [6.07, 6.45) is 1.41. The van der Waals surface area contributed by atoms with Crippen LogP contribution < -0.4 is 4.90 Å². The minimum Gasteiger partial charge on any atom is -0.461 e. The number of para-hydroxylation sites is 1. The van der Waals surface area contributed by atoms with Gasteiger partial charge in [0.15, 0.2) is 5.69 Å². The van der Waals surface area contributed by atoms with Crippen LogP contribution in [-0.2, 0) is 16.1 Å². The first-order chi connectivity index (χ1) is 10.7. The first-order valence-electron chi connectivity index (χ1n) is 7.08. The molecule has 0 fully saturated rings. The van der Waals surface area contributed by atoms with E-state index < -0.39 is 5.97 Å². The normalized spacial score (nSPS) is 10.3. The highest BCUT2D eigenvalue weighted by atomic mass is 16.5. The number of aromatic nitrogens is 3. The molecular formula is C15H18N4O3. The number of benzene rings is 1. The average Bonchev–Trinajstić information content (AvgIpc) is 2.98. The molecule has 1 amide bonds. The highest BCUT2D eigenvalue weighted by molar-refractivity contribution is 5.93. The van der Waals surface area contributed by atoms with E-state index in [-0.39, 0.29) is 24.8 Å². The van der Waals surface area contributed by atoms with Gasteiger partial charge in [-0.2, -0.15) is 0 Å². The summed E-state index contributed by atoms with van der Waals surface area (Å²) in [4.78, 5) is 25.5. The van der Waals surface area contributed by atoms with Crippen LogP contribution in [0.1, 0.15) is 24.3 Å². The Hall–Kier alpha value is -2.70. The lowest BCUT2D eigenvalue weighted by Crippen LogP contribution is -2.33. The molecule has 0 radical (unpaired) electrons. The molecule has 0 saturated heterocycles. The molecule has 0 unspecified atom stereocenters. The van der Waals surface area contributed by atoms with Crippen molar-refractivity contribution < 1.29 is 14.3 Å². The Morgan fingerprint density at radius 2 is 1.95 bits per heavy atom. The van der Waals surface area contributed by atoms with Gasteiger partial charge in [-0.15, -0.1) is 5.10 Å². The standard InChI is InChI=1S/C15H18N4O3/c1-3-19(12-8-6-5-7-9-12)14(20)11-18-10-13(16-17-18)15(21)22-4-2/h5-10H,3-4,11H2,1-2H3. The van der Waals surface area contributed by atoms with Crippen LogP contribution in [-0.4, -0.2) is 40.0 Å². The molecule has 0 aliphatic carbocycles. The van der Waals surface area contributed by atoms with E-state index in [9.17, 15) is 9.59 Å². The van der Waals surface area contributed by atoms with Crippen LogP contribution in [0.4, 0.5) is 5.69 Å². The molecule has 0 spiro atoms. The second-order valence-corrected chi connectivity index (χ2v) is 4.50. The number of likely N-dealkylation sites (N-methyl/N-ethyl adjacent to an activating group) is 1. The zero-order valence-corrected chi connectivity index (χ0v) is 12.6. The van der Waals surface area contributed by atoms with Crippen molar-refractivity contribution in [1.82, 2.24) is 15.0 Å². The molecule has 0 saturated carbocycles. The number of hydrogen-bond donors (Lipinski definition) is 0. The van der Waals surface area contributed by atoms with Crippen LogP contribution in [0.15, 0.2) is 36.5 Å². The van der Waals surface area contributed by atoms with Crippen molar-refractivity contribution in [3.8, 4) is 0 Å². The maximum Gasteiger partial charge on any atom is 0.360 e. The lowest BCUT2D eigenvalue weighted by molar-refractivity contribution is -0.119. The molecule has 2 rings (SSSR count). The van der Waals surface area contributed by atoms with Gasteiger partial charge in [-0.3, -0.25) is 4.79 Å². The van der Waals surface area contributed by atoms with Crippen molar-refractivity contribution in [3.05, 3.63) is 42.2 Å². The molecule has 7 heteroatoms. The monoisotopic (exact) mass is 302 g/mol. The van der Waals surface area contributed by atoms with Gasteiger partial charge >= 0.3 is 5.97 Å². The fraction of sp³-hybridized carbons (Fsp3) is 0.333. The number of rotatable bonds is 6. The maximum absolute atomic E-state index is 12.4. The molecule has 0 bridgehead atoms. The maximum atomic E-state index is 12.4. The van der Waals surface area contributed by atoms with Crippen LogP contribution >= 0.6 is 0 Å². The van der Waals surface area contributed by atoms with Crippen LogP contribution in [0.5, 0.6) is 0 Å². The Kier molecular flexibility index (Phi) is 5.24. The van der Waals surface area contributed by atoms with Crippen LogP contribution in [0.25, 0.3) is 0 Å². The molecule has 0 aliphatic heterocycles. The Morgan fingerprint density at radius 1 is 1.23 bits per heavy atom. The van der Waals surface area contributed by atoms with Gasteiger partial charge in [-0.1, -0.05) is 23.4 Å². The average molecular weight is 302 g/mol. The number of carbonyl (C=O) groups is 2. The van der Waals surface area contributed by atoms with E-state index in [4.69, 9.17) is 4.74 Å². The summed E-state index contributed by atoms with van der Waals surface area (Å²) in [6, 6.07) is 9.38. The molecule has 116 valence electrons. The Labute approximate surface area is 128 Å². The Bertz CT molecular complexity index is 639. The lowest BCUT2D eigenvalue weighted by Gasteiger charge is -2.20. The molecule has 0 aliphatic rings. The van der Waals surface area contributed by atoms with Crippen LogP contribution in [0.2, 0.25) is 0 Å². The molecule has 7 nitrogen and oxygen atoms in total. The van der Waals surface area contributed by atoms with Gasteiger partial charge in [0.1, 0.15) is 6.54 Å². The summed E-state index contributed by atoms with van der Waals surface area (Å²) in [6.45, 7) is 4.43. The second-order valence-electron chi connectivity index (χ2n) is 4.50. The lowest BCUT2D eigenvalue weighted by atomic mass is 10.3. The number of ether oxygens (including phenoxy) is 1. The van der Waals surface area contributed by atoms with Gasteiger partial charge in [0.25, 0.3) is 0 Å². The molecule has 1 aromatic carbocycles. The molecule has 0 N–H and O–H groups in total. The highest BCUT2D eigenvalue weighted by Crippen LogP contribution is 2.13. The molecule has 22 heavy (non-hydrogen) atoms. The molecule has 2 aromatic rings. The predicted octanol–water partition coefficient (Wildman–Crippen LogP) is 1.51. The minimum atomic E-state index is -0.545. The summed E-state index contributed by atoms with van der Waals surface area (Å²) in [7, 11) is 0. The Morgan fingerprint density at radius 3 is 2.59 bits per heavy atom. The van der Waals surface area contributed by atoms with Gasteiger partial charge < -0.3 is 9.64 Å². The first kappa shape index (κ1) is 15.7. The van der Waals surface area contributed by atoms with Gasteiger partial charge in [-0.05, 0) is 26.0 Å². The van der Waals surface area contributed by atoms with Crippen molar-refractivity contribution in [2.24, 2.45) is 0 Å². The van der Waals surface area contributed by atoms with Gasteiger partial charge in [0, 0.05) is 12.2 Å². The summed E-state index contributed by atoms with van der Waals surface area (Å²) in [5, 5.41) is 7.50. The zero-order valence-electron chi connectivity index (χ0n) is 12.6. The van der Waals surface area contributed by atoms with E-state index in [0.717, 1.165) is 5.69 Å². The quantitative estimate of drug-likeness (QED) is 0.756. The topological polar surface area (TPSA) is 77.3 Å². The first-order valence-corrected chi connectivity index (χ1v) is 7.08. The van der Waals surface area contributed by atoms with Gasteiger partial charge in [0.05, 0.1) is 12.8 Å². The van der Waals surface area contributed by atoms with Crippen LogP contribution in [0.3, 0.4) is 0 Å².